The molecule has 1 aromatic heterocycles. The van der Waals surface area contributed by atoms with Crippen LogP contribution in [0.1, 0.15) is 42.9 Å². The second kappa shape index (κ2) is 6.10. The van der Waals surface area contributed by atoms with Crippen LogP contribution in [-0.4, -0.2) is 58.1 Å². The molecule has 0 aromatic carbocycles. The van der Waals surface area contributed by atoms with Crippen molar-refractivity contribution >= 4 is 11.8 Å². The summed E-state index contributed by atoms with van der Waals surface area (Å²) in [5, 5.41) is 4.46. The molecule has 6 nitrogen and oxygen atoms in total. The van der Waals surface area contributed by atoms with E-state index in [4.69, 9.17) is 0 Å². The number of carbonyl (C=O) groups excluding carboxylic acids is 2. The first kappa shape index (κ1) is 15.1. The SMILES string of the molecule is CN(CCN1CCCC1=O)C(=O)C1CCCc2nn(C)cc21. The van der Waals surface area contributed by atoms with Crippen LogP contribution in [0.25, 0.3) is 0 Å². The standard InChI is InChI=1S/C16H24N4O2/c1-18(9-10-20-8-4-7-15(20)21)16(22)12-5-3-6-14-13(12)11-19(2)17-14/h11-12H,3-10H2,1-2H3. The van der Waals surface area contributed by atoms with E-state index < -0.39 is 0 Å². The number of aryl methyl sites for hydroxylation is 2. The summed E-state index contributed by atoms with van der Waals surface area (Å²) in [6.07, 6.45) is 6.45. The normalized spacial score (nSPS) is 21.1. The molecule has 1 unspecified atom stereocenters. The average Bonchev–Trinajstić information content (AvgIpc) is 3.08. The molecule has 1 saturated heterocycles. The van der Waals surface area contributed by atoms with Crippen LogP contribution >= 0.6 is 0 Å². The van der Waals surface area contributed by atoms with E-state index in [-0.39, 0.29) is 17.7 Å². The summed E-state index contributed by atoms with van der Waals surface area (Å²) >= 11 is 0. The Kier molecular flexibility index (Phi) is 4.18. The quantitative estimate of drug-likeness (QED) is 0.831. The van der Waals surface area contributed by atoms with Gasteiger partial charge in [0.2, 0.25) is 11.8 Å². The molecule has 1 aromatic rings. The molecule has 2 aliphatic rings. The monoisotopic (exact) mass is 304 g/mol. The Morgan fingerprint density at radius 3 is 2.95 bits per heavy atom. The molecule has 2 heterocycles. The number of hydrogen-bond donors (Lipinski definition) is 0. The van der Waals surface area contributed by atoms with E-state index in [9.17, 15) is 9.59 Å². The lowest BCUT2D eigenvalue weighted by atomic mass is 9.86. The van der Waals surface area contributed by atoms with Gasteiger partial charge < -0.3 is 9.80 Å². The number of aromatic nitrogens is 2. The van der Waals surface area contributed by atoms with Gasteiger partial charge in [-0.2, -0.15) is 5.10 Å². The van der Waals surface area contributed by atoms with E-state index in [1.54, 1.807) is 9.58 Å². The van der Waals surface area contributed by atoms with Crippen molar-refractivity contribution in [1.82, 2.24) is 19.6 Å². The molecule has 0 radical (unpaired) electrons. The van der Waals surface area contributed by atoms with Crippen LogP contribution in [0, 0.1) is 0 Å². The fraction of sp³-hybridized carbons (Fsp3) is 0.688. The van der Waals surface area contributed by atoms with Crippen LogP contribution in [0.15, 0.2) is 6.20 Å². The number of carbonyl (C=O) groups is 2. The van der Waals surface area contributed by atoms with E-state index >= 15 is 0 Å². The number of fused-ring (bicyclic) bond motifs is 1. The molecule has 1 atom stereocenters. The predicted octanol–water partition coefficient (Wildman–Crippen LogP) is 0.921. The van der Waals surface area contributed by atoms with Gasteiger partial charge in [-0.3, -0.25) is 14.3 Å². The van der Waals surface area contributed by atoms with Gasteiger partial charge in [0, 0.05) is 51.9 Å². The van der Waals surface area contributed by atoms with Crippen molar-refractivity contribution in [3.8, 4) is 0 Å². The second-order valence-corrected chi connectivity index (χ2v) is 6.39. The lowest BCUT2D eigenvalue weighted by Crippen LogP contribution is -2.39. The molecule has 22 heavy (non-hydrogen) atoms. The lowest BCUT2D eigenvalue weighted by molar-refractivity contribution is -0.134. The molecule has 3 rings (SSSR count). The van der Waals surface area contributed by atoms with Crippen LogP contribution in [-0.2, 0) is 23.1 Å². The molecule has 0 bridgehead atoms. The molecular weight excluding hydrogens is 280 g/mol. The fourth-order valence-corrected chi connectivity index (χ4v) is 3.51. The molecule has 0 N–H and O–H groups in total. The highest BCUT2D eigenvalue weighted by atomic mass is 16.2. The first-order chi connectivity index (χ1) is 10.6. The summed E-state index contributed by atoms with van der Waals surface area (Å²) in [6, 6.07) is 0. The Morgan fingerprint density at radius 1 is 1.41 bits per heavy atom. The van der Waals surface area contributed by atoms with Gasteiger partial charge in [-0.1, -0.05) is 0 Å². The van der Waals surface area contributed by atoms with Gasteiger partial charge in [-0.25, -0.2) is 0 Å². The minimum atomic E-state index is -0.0725. The number of hydrogen-bond acceptors (Lipinski definition) is 3. The number of amides is 2. The van der Waals surface area contributed by atoms with Gasteiger partial charge in [0.15, 0.2) is 0 Å². The van der Waals surface area contributed by atoms with Gasteiger partial charge in [0.25, 0.3) is 0 Å². The first-order valence-corrected chi connectivity index (χ1v) is 8.11. The predicted molar refractivity (Wildman–Crippen MR) is 82.3 cm³/mol. The Labute approximate surface area is 131 Å². The van der Waals surface area contributed by atoms with Gasteiger partial charge in [-0.15, -0.1) is 0 Å². The van der Waals surface area contributed by atoms with E-state index in [2.05, 4.69) is 5.10 Å². The van der Waals surface area contributed by atoms with E-state index in [0.717, 1.165) is 43.5 Å². The van der Waals surface area contributed by atoms with Gasteiger partial charge in [-0.05, 0) is 25.7 Å². The summed E-state index contributed by atoms with van der Waals surface area (Å²) in [5.74, 6) is 0.297. The van der Waals surface area contributed by atoms with Crippen LogP contribution in [0.2, 0.25) is 0 Å². The smallest absolute Gasteiger partial charge is 0.230 e. The largest absolute Gasteiger partial charge is 0.343 e. The van der Waals surface area contributed by atoms with Crippen LogP contribution in [0.5, 0.6) is 0 Å². The van der Waals surface area contributed by atoms with Gasteiger partial charge in [0.1, 0.15) is 0 Å². The second-order valence-electron chi connectivity index (χ2n) is 6.39. The number of likely N-dealkylation sites (N-methyl/N-ethyl adjacent to an activating group) is 1. The van der Waals surface area contributed by atoms with Crippen LogP contribution in [0.3, 0.4) is 0 Å². The molecule has 0 spiro atoms. The molecule has 2 amide bonds. The summed E-state index contributed by atoms with van der Waals surface area (Å²) < 4.78 is 1.80. The van der Waals surface area contributed by atoms with Crippen LogP contribution in [0.4, 0.5) is 0 Å². The van der Waals surface area contributed by atoms with E-state index in [1.807, 2.05) is 25.2 Å². The third-order valence-corrected chi connectivity index (χ3v) is 4.77. The molecule has 0 saturated carbocycles. The zero-order chi connectivity index (χ0) is 15.7. The third kappa shape index (κ3) is 2.87. The minimum absolute atomic E-state index is 0.0725. The van der Waals surface area contributed by atoms with Gasteiger partial charge >= 0.3 is 0 Å². The zero-order valence-corrected chi connectivity index (χ0v) is 13.4. The highest BCUT2D eigenvalue weighted by Gasteiger charge is 2.31. The van der Waals surface area contributed by atoms with Crippen molar-refractivity contribution in [2.45, 2.75) is 38.0 Å². The summed E-state index contributed by atoms with van der Waals surface area (Å²) in [6.45, 7) is 2.08. The van der Waals surface area contributed by atoms with Crippen LogP contribution < -0.4 is 0 Å². The Balaban J connectivity index is 1.62. The summed E-state index contributed by atoms with van der Waals surface area (Å²) in [5.41, 5.74) is 2.15. The van der Waals surface area contributed by atoms with Gasteiger partial charge in [0.05, 0.1) is 11.6 Å². The summed E-state index contributed by atoms with van der Waals surface area (Å²) in [7, 11) is 3.75. The maximum atomic E-state index is 12.7. The van der Waals surface area contributed by atoms with E-state index in [1.165, 1.54) is 0 Å². The van der Waals surface area contributed by atoms with Crippen molar-refractivity contribution < 1.29 is 9.59 Å². The maximum absolute atomic E-state index is 12.7. The highest BCUT2D eigenvalue weighted by Crippen LogP contribution is 2.32. The average molecular weight is 304 g/mol. The minimum Gasteiger partial charge on any atom is -0.343 e. The highest BCUT2D eigenvalue weighted by molar-refractivity contribution is 5.84. The molecule has 1 aliphatic heterocycles. The zero-order valence-electron chi connectivity index (χ0n) is 13.4. The molecule has 6 heteroatoms. The third-order valence-electron chi connectivity index (χ3n) is 4.77. The molecular formula is C16H24N4O2. The molecule has 1 aliphatic carbocycles. The number of rotatable bonds is 4. The Bertz CT molecular complexity index is 581. The lowest BCUT2D eigenvalue weighted by Gasteiger charge is -2.27. The maximum Gasteiger partial charge on any atom is 0.230 e. The topological polar surface area (TPSA) is 58.4 Å². The molecule has 1 fully saturated rings. The number of nitrogens with zero attached hydrogens (tertiary/aromatic N) is 4. The Morgan fingerprint density at radius 2 is 2.23 bits per heavy atom. The van der Waals surface area contributed by atoms with Crippen molar-refractivity contribution in [2.24, 2.45) is 7.05 Å². The van der Waals surface area contributed by atoms with Crippen molar-refractivity contribution in [3.05, 3.63) is 17.5 Å². The number of likely N-dealkylation sites (tertiary alicyclic amines) is 1. The fourth-order valence-electron chi connectivity index (χ4n) is 3.51. The summed E-state index contributed by atoms with van der Waals surface area (Å²) in [4.78, 5) is 28.0. The Hall–Kier alpha value is -1.85. The molecule has 120 valence electrons. The first-order valence-electron chi connectivity index (χ1n) is 8.11. The van der Waals surface area contributed by atoms with E-state index in [0.29, 0.717) is 19.5 Å². The van der Waals surface area contributed by atoms with Crippen molar-refractivity contribution in [3.63, 3.8) is 0 Å². The van der Waals surface area contributed by atoms with Crippen molar-refractivity contribution in [1.29, 1.82) is 0 Å². The van der Waals surface area contributed by atoms with Crippen molar-refractivity contribution in [2.75, 3.05) is 26.7 Å².